The molecule has 0 bridgehead atoms. The zero-order valence-electron chi connectivity index (χ0n) is 18.7. The van der Waals surface area contributed by atoms with E-state index in [0.717, 1.165) is 5.56 Å². The number of benzene rings is 1. The second-order valence-corrected chi connectivity index (χ2v) is 7.52. The van der Waals surface area contributed by atoms with E-state index in [1.807, 2.05) is 18.2 Å². The SMILES string of the molecule is CCOC(=O)c1cc2n(n1)CC(C)(C(=O)NCCOC)N(Cc1ccccc1OC)C2=O. The third-order valence-corrected chi connectivity index (χ3v) is 5.38. The van der Waals surface area contributed by atoms with Crippen LogP contribution in [0.5, 0.6) is 5.75 Å². The largest absolute Gasteiger partial charge is 0.496 e. The van der Waals surface area contributed by atoms with E-state index in [-0.39, 0.29) is 37.0 Å². The number of amides is 2. The fraction of sp³-hybridized carbons (Fsp3) is 0.455. The summed E-state index contributed by atoms with van der Waals surface area (Å²) in [5, 5.41) is 7.05. The number of methoxy groups -OCH3 is 2. The van der Waals surface area contributed by atoms with Gasteiger partial charge in [0.05, 0.1) is 33.4 Å². The molecule has 0 radical (unpaired) electrons. The maximum absolute atomic E-state index is 13.5. The minimum absolute atomic E-state index is 0.0245. The van der Waals surface area contributed by atoms with Crippen molar-refractivity contribution in [3.63, 3.8) is 0 Å². The summed E-state index contributed by atoms with van der Waals surface area (Å²) in [5.41, 5.74) is -0.282. The number of carbonyl (C=O) groups excluding carboxylic acids is 3. The fourth-order valence-electron chi connectivity index (χ4n) is 3.66. The van der Waals surface area contributed by atoms with Crippen LogP contribution in [-0.4, -0.2) is 72.0 Å². The van der Waals surface area contributed by atoms with Gasteiger partial charge in [-0.3, -0.25) is 14.3 Å². The summed E-state index contributed by atoms with van der Waals surface area (Å²) >= 11 is 0. The maximum Gasteiger partial charge on any atom is 0.358 e. The zero-order chi connectivity index (χ0) is 23.3. The first kappa shape index (κ1) is 23.3. The maximum atomic E-state index is 13.5. The Hall–Kier alpha value is -3.40. The summed E-state index contributed by atoms with van der Waals surface area (Å²) in [4.78, 5) is 40.4. The number of aromatic nitrogens is 2. The predicted octanol–water partition coefficient (Wildman–Crippen LogP) is 1.25. The van der Waals surface area contributed by atoms with Crippen molar-refractivity contribution in [2.24, 2.45) is 0 Å². The molecule has 1 aliphatic heterocycles. The first-order chi connectivity index (χ1) is 15.3. The van der Waals surface area contributed by atoms with Crippen molar-refractivity contribution < 1.29 is 28.6 Å². The second-order valence-electron chi connectivity index (χ2n) is 7.52. The van der Waals surface area contributed by atoms with Gasteiger partial charge < -0.3 is 24.4 Å². The highest BCUT2D eigenvalue weighted by molar-refractivity contribution is 6.01. The molecule has 1 aliphatic rings. The van der Waals surface area contributed by atoms with Gasteiger partial charge in [0.1, 0.15) is 17.0 Å². The van der Waals surface area contributed by atoms with E-state index >= 15 is 0 Å². The van der Waals surface area contributed by atoms with E-state index in [0.29, 0.717) is 18.9 Å². The highest BCUT2D eigenvalue weighted by Crippen LogP contribution is 2.31. The Labute approximate surface area is 186 Å². The Morgan fingerprint density at radius 3 is 2.69 bits per heavy atom. The third-order valence-electron chi connectivity index (χ3n) is 5.38. The van der Waals surface area contributed by atoms with Crippen LogP contribution in [-0.2, 0) is 27.4 Å². The minimum Gasteiger partial charge on any atom is -0.496 e. The number of ether oxygens (including phenoxy) is 3. The van der Waals surface area contributed by atoms with Gasteiger partial charge in [0.15, 0.2) is 5.69 Å². The van der Waals surface area contributed by atoms with Gasteiger partial charge in [-0.2, -0.15) is 5.10 Å². The molecule has 0 fully saturated rings. The molecule has 1 atom stereocenters. The average molecular weight is 444 g/mol. The topological polar surface area (TPSA) is 112 Å². The molecule has 1 unspecified atom stereocenters. The van der Waals surface area contributed by atoms with E-state index in [4.69, 9.17) is 14.2 Å². The molecule has 3 rings (SSSR count). The van der Waals surface area contributed by atoms with E-state index in [1.165, 1.54) is 15.6 Å². The normalized spacial score (nSPS) is 17.6. The first-order valence-electron chi connectivity index (χ1n) is 10.3. The minimum atomic E-state index is -1.27. The molecule has 0 saturated carbocycles. The molecule has 2 aromatic rings. The number of nitrogens with zero attached hydrogens (tertiary/aromatic N) is 3. The molecule has 1 aromatic heterocycles. The monoisotopic (exact) mass is 444 g/mol. The van der Waals surface area contributed by atoms with Crippen LogP contribution in [0.2, 0.25) is 0 Å². The summed E-state index contributed by atoms with van der Waals surface area (Å²) in [6.45, 7) is 4.39. The van der Waals surface area contributed by atoms with E-state index < -0.39 is 17.4 Å². The standard InChI is InChI=1S/C22H28N4O6/c1-5-32-20(28)16-12-17-19(27)25(13-15-8-6-7-9-18(15)31-4)22(2,14-26(17)24-16)21(29)23-10-11-30-3/h6-9,12H,5,10-11,13-14H2,1-4H3,(H,23,29). The molecule has 0 saturated heterocycles. The van der Waals surface area contributed by atoms with Crippen LogP contribution in [0.15, 0.2) is 30.3 Å². The van der Waals surface area contributed by atoms with Gasteiger partial charge in [-0.25, -0.2) is 4.79 Å². The molecule has 32 heavy (non-hydrogen) atoms. The van der Waals surface area contributed by atoms with Gasteiger partial charge in [-0.05, 0) is 19.9 Å². The van der Waals surface area contributed by atoms with Crippen molar-refractivity contribution in [2.75, 3.05) is 34.0 Å². The number of nitrogens with one attached hydrogen (secondary N) is 1. The van der Waals surface area contributed by atoms with Crippen molar-refractivity contribution in [1.29, 1.82) is 0 Å². The van der Waals surface area contributed by atoms with Crippen LogP contribution in [0.4, 0.5) is 0 Å². The predicted molar refractivity (Wildman–Crippen MR) is 114 cm³/mol. The van der Waals surface area contributed by atoms with Gasteiger partial charge in [0, 0.05) is 25.3 Å². The molecular formula is C22H28N4O6. The Balaban J connectivity index is 2.01. The molecular weight excluding hydrogens is 416 g/mol. The Bertz CT molecular complexity index is 1000. The zero-order valence-corrected chi connectivity index (χ0v) is 18.7. The van der Waals surface area contributed by atoms with Gasteiger partial charge in [-0.1, -0.05) is 18.2 Å². The molecule has 1 N–H and O–H groups in total. The molecule has 1 aromatic carbocycles. The third kappa shape index (κ3) is 4.45. The van der Waals surface area contributed by atoms with E-state index in [2.05, 4.69) is 10.4 Å². The summed E-state index contributed by atoms with van der Waals surface area (Å²) in [6.07, 6.45) is 0. The summed E-state index contributed by atoms with van der Waals surface area (Å²) in [5.74, 6) is -0.787. The number of rotatable bonds is 9. The highest BCUT2D eigenvalue weighted by atomic mass is 16.5. The average Bonchev–Trinajstić information content (AvgIpc) is 3.21. The van der Waals surface area contributed by atoms with Crippen molar-refractivity contribution in [3.8, 4) is 5.75 Å². The van der Waals surface area contributed by atoms with Crippen LogP contribution in [0.1, 0.15) is 40.4 Å². The summed E-state index contributed by atoms with van der Waals surface area (Å²) < 4.78 is 16.8. The number of para-hydroxylation sites is 1. The van der Waals surface area contributed by atoms with Gasteiger partial charge in [0.2, 0.25) is 5.91 Å². The first-order valence-corrected chi connectivity index (χ1v) is 10.3. The van der Waals surface area contributed by atoms with Gasteiger partial charge in [0.25, 0.3) is 5.91 Å². The fourth-order valence-corrected chi connectivity index (χ4v) is 3.66. The number of hydrogen-bond donors (Lipinski definition) is 1. The van der Waals surface area contributed by atoms with Crippen LogP contribution < -0.4 is 10.1 Å². The van der Waals surface area contributed by atoms with Gasteiger partial charge in [-0.15, -0.1) is 0 Å². The van der Waals surface area contributed by atoms with Crippen molar-refractivity contribution >= 4 is 17.8 Å². The Morgan fingerprint density at radius 2 is 2.00 bits per heavy atom. The lowest BCUT2D eigenvalue weighted by atomic mass is 9.94. The lowest BCUT2D eigenvalue weighted by molar-refractivity contribution is -0.133. The van der Waals surface area contributed by atoms with E-state index in [1.54, 1.807) is 34.1 Å². The Morgan fingerprint density at radius 1 is 1.25 bits per heavy atom. The smallest absolute Gasteiger partial charge is 0.358 e. The van der Waals surface area contributed by atoms with E-state index in [9.17, 15) is 14.4 Å². The molecule has 0 aliphatic carbocycles. The van der Waals surface area contributed by atoms with Crippen molar-refractivity contribution in [1.82, 2.24) is 20.0 Å². The van der Waals surface area contributed by atoms with Gasteiger partial charge >= 0.3 is 5.97 Å². The lowest BCUT2D eigenvalue weighted by Crippen LogP contribution is -2.63. The lowest BCUT2D eigenvalue weighted by Gasteiger charge is -2.43. The number of esters is 1. The molecule has 172 valence electrons. The quantitative estimate of drug-likeness (QED) is 0.458. The van der Waals surface area contributed by atoms with Crippen molar-refractivity contribution in [3.05, 3.63) is 47.3 Å². The number of hydrogen-bond acceptors (Lipinski definition) is 7. The molecule has 2 amide bonds. The summed E-state index contributed by atoms with van der Waals surface area (Å²) in [6, 6.07) is 8.70. The molecule has 10 nitrogen and oxygen atoms in total. The molecule has 0 spiro atoms. The summed E-state index contributed by atoms with van der Waals surface area (Å²) in [7, 11) is 3.09. The van der Waals surface area contributed by atoms with Crippen LogP contribution in [0, 0.1) is 0 Å². The van der Waals surface area contributed by atoms with Crippen LogP contribution in [0.3, 0.4) is 0 Å². The molecule has 2 heterocycles. The second kappa shape index (κ2) is 9.82. The number of fused-ring (bicyclic) bond motifs is 1. The Kier molecular flexibility index (Phi) is 7.14. The van der Waals surface area contributed by atoms with Crippen molar-refractivity contribution in [2.45, 2.75) is 32.5 Å². The number of carbonyl (C=O) groups is 3. The van der Waals surface area contributed by atoms with Crippen LogP contribution in [0.25, 0.3) is 0 Å². The molecule has 10 heteroatoms. The van der Waals surface area contributed by atoms with Crippen LogP contribution >= 0.6 is 0 Å². The highest BCUT2D eigenvalue weighted by Gasteiger charge is 2.48.